The lowest BCUT2D eigenvalue weighted by molar-refractivity contribution is 0.456. The number of rotatable bonds is 6. The Kier molecular flexibility index (Phi) is 4.71. The summed E-state index contributed by atoms with van der Waals surface area (Å²) < 4.78 is 0. The van der Waals surface area contributed by atoms with Gasteiger partial charge in [-0.1, -0.05) is 29.8 Å². The molecule has 27 heavy (non-hydrogen) atoms. The van der Waals surface area contributed by atoms with Crippen molar-refractivity contribution in [3.63, 3.8) is 0 Å². The Hall–Kier alpha value is -1.77. The van der Waals surface area contributed by atoms with Crippen LogP contribution in [-0.2, 0) is 19.3 Å². The topological polar surface area (TPSA) is 27.8 Å². The van der Waals surface area contributed by atoms with Crippen LogP contribution < -0.4 is 5.32 Å². The van der Waals surface area contributed by atoms with Gasteiger partial charge in [-0.05, 0) is 98.4 Å². The van der Waals surface area contributed by atoms with Crippen molar-refractivity contribution in [2.24, 2.45) is 5.92 Å². The van der Waals surface area contributed by atoms with Crippen molar-refractivity contribution in [2.45, 2.75) is 51.0 Å². The molecule has 0 bridgehead atoms. The summed E-state index contributed by atoms with van der Waals surface area (Å²) >= 11 is 5.98. The molecular formula is C24H27ClN2. The number of aryl methyl sites for hydroxylation is 1. The quantitative estimate of drug-likeness (QED) is 0.542. The molecule has 0 aliphatic heterocycles. The molecule has 1 atom stereocenters. The first-order valence-electron chi connectivity index (χ1n) is 10.4. The van der Waals surface area contributed by atoms with Gasteiger partial charge in [0.05, 0.1) is 0 Å². The maximum Gasteiger partial charge on any atom is 0.0476 e. The van der Waals surface area contributed by atoms with Gasteiger partial charge in [0.2, 0.25) is 0 Å². The fraction of sp³-hybridized carbons (Fsp3) is 0.417. The van der Waals surface area contributed by atoms with Crippen molar-refractivity contribution < 1.29 is 0 Å². The van der Waals surface area contributed by atoms with E-state index in [1.807, 2.05) is 12.1 Å². The Morgan fingerprint density at radius 1 is 1.00 bits per heavy atom. The van der Waals surface area contributed by atoms with E-state index in [2.05, 4.69) is 40.6 Å². The van der Waals surface area contributed by atoms with Crippen molar-refractivity contribution >= 4 is 22.5 Å². The van der Waals surface area contributed by atoms with Crippen molar-refractivity contribution in [1.29, 1.82) is 0 Å². The van der Waals surface area contributed by atoms with Crippen molar-refractivity contribution in [3.05, 3.63) is 69.9 Å². The Labute approximate surface area is 166 Å². The first kappa shape index (κ1) is 17.3. The Bertz CT molecular complexity index is 937. The van der Waals surface area contributed by atoms with Crippen LogP contribution in [0.5, 0.6) is 0 Å². The zero-order chi connectivity index (χ0) is 18.2. The van der Waals surface area contributed by atoms with Gasteiger partial charge in [0.1, 0.15) is 0 Å². The van der Waals surface area contributed by atoms with Crippen molar-refractivity contribution in [1.82, 2.24) is 10.3 Å². The summed E-state index contributed by atoms with van der Waals surface area (Å²) in [5, 5.41) is 6.07. The first-order valence-corrected chi connectivity index (χ1v) is 10.8. The number of fused-ring (bicyclic) bond motifs is 3. The van der Waals surface area contributed by atoms with Gasteiger partial charge in [0.25, 0.3) is 0 Å². The predicted molar refractivity (Wildman–Crippen MR) is 114 cm³/mol. The highest BCUT2D eigenvalue weighted by atomic mass is 35.5. The molecule has 2 nitrogen and oxygen atoms in total. The monoisotopic (exact) mass is 378 g/mol. The summed E-state index contributed by atoms with van der Waals surface area (Å²) in [7, 11) is 0. The number of hydrogen-bond acceptors (Lipinski definition) is 1. The van der Waals surface area contributed by atoms with E-state index < -0.39 is 0 Å². The highest BCUT2D eigenvalue weighted by molar-refractivity contribution is 6.30. The van der Waals surface area contributed by atoms with E-state index >= 15 is 0 Å². The SMILES string of the molecule is Clc1ccc(CCNC2CCCc3c2[nH]c2ccc(CC4CC4)cc32)cc1. The van der Waals surface area contributed by atoms with E-state index in [4.69, 9.17) is 11.6 Å². The summed E-state index contributed by atoms with van der Waals surface area (Å²) in [6, 6.07) is 15.7. The molecule has 0 saturated heterocycles. The van der Waals surface area contributed by atoms with Gasteiger partial charge in [0.15, 0.2) is 0 Å². The van der Waals surface area contributed by atoms with Crippen LogP contribution in [0.4, 0.5) is 0 Å². The van der Waals surface area contributed by atoms with Gasteiger partial charge in [-0.25, -0.2) is 0 Å². The van der Waals surface area contributed by atoms with E-state index in [-0.39, 0.29) is 0 Å². The molecule has 2 N–H and O–H groups in total. The van der Waals surface area contributed by atoms with E-state index in [0.29, 0.717) is 6.04 Å². The fourth-order valence-electron chi connectivity index (χ4n) is 4.54. The highest BCUT2D eigenvalue weighted by Crippen LogP contribution is 2.37. The van der Waals surface area contributed by atoms with Crippen LogP contribution >= 0.6 is 11.6 Å². The van der Waals surface area contributed by atoms with Crippen LogP contribution in [0.2, 0.25) is 5.02 Å². The summed E-state index contributed by atoms with van der Waals surface area (Å²) in [5.74, 6) is 0.944. The second-order valence-electron chi connectivity index (χ2n) is 8.32. The lowest BCUT2D eigenvalue weighted by Crippen LogP contribution is -2.27. The third kappa shape index (κ3) is 3.79. The summed E-state index contributed by atoms with van der Waals surface area (Å²) in [5.41, 5.74) is 7.15. The smallest absolute Gasteiger partial charge is 0.0476 e. The standard InChI is InChI=1S/C24H27ClN2/c25-19-9-6-16(7-10-19)12-13-26-23-3-1-2-20-21-15-18(14-17-4-5-17)8-11-22(21)27-24(20)23/h6-11,15,17,23,26-27H,1-5,12-14H2. The second kappa shape index (κ2) is 7.33. The number of aromatic nitrogens is 1. The number of H-pyrrole nitrogens is 1. The van der Waals surface area contributed by atoms with Crippen molar-refractivity contribution in [3.8, 4) is 0 Å². The van der Waals surface area contributed by atoms with Crippen LogP contribution in [0, 0.1) is 5.92 Å². The molecular weight excluding hydrogens is 352 g/mol. The van der Waals surface area contributed by atoms with Crippen LogP contribution in [0.15, 0.2) is 42.5 Å². The lowest BCUT2D eigenvalue weighted by atomic mass is 9.91. The Morgan fingerprint density at radius 2 is 1.81 bits per heavy atom. The molecule has 1 heterocycles. The summed E-state index contributed by atoms with van der Waals surface area (Å²) in [6.07, 6.45) is 8.83. The molecule has 2 aliphatic rings. The second-order valence-corrected chi connectivity index (χ2v) is 8.76. The summed E-state index contributed by atoms with van der Waals surface area (Å²) in [6.45, 7) is 0.994. The van der Waals surface area contributed by atoms with E-state index in [1.165, 1.54) is 66.2 Å². The fourth-order valence-corrected chi connectivity index (χ4v) is 4.66. The highest BCUT2D eigenvalue weighted by Gasteiger charge is 2.25. The summed E-state index contributed by atoms with van der Waals surface area (Å²) in [4.78, 5) is 3.74. The van der Waals surface area contributed by atoms with Crippen LogP contribution in [-0.4, -0.2) is 11.5 Å². The zero-order valence-corrected chi connectivity index (χ0v) is 16.5. The van der Waals surface area contributed by atoms with E-state index in [9.17, 15) is 0 Å². The van der Waals surface area contributed by atoms with Gasteiger partial charge in [-0.2, -0.15) is 0 Å². The molecule has 1 unspecified atom stereocenters. The van der Waals surface area contributed by atoms with Gasteiger partial charge in [-0.15, -0.1) is 0 Å². The minimum absolute atomic E-state index is 0.445. The number of halogens is 1. The average Bonchev–Trinajstić information content (AvgIpc) is 3.42. The molecule has 1 aromatic heterocycles. The normalized spacial score (nSPS) is 19.4. The van der Waals surface area contributed by atoms with E-state index in [1.54, 1.807) is 5.56 Å². The molecule has 0 amide bonds. The maximum absolute atomic E-state index is 5.98. The van der Waals surface area contributed by atoms with Gasteiger partial charge < -0.3 is 10.3 Å². The third-order valence-corrected chi connectivity index (χ3v) is 6.46. The third-order valence-electron chi connectivity index (χ3n) is 6.21. The Balaban J connectivity index is 1.31. The molecule has 5 rings (SSSR count). The molecule has 1 saturated carbocycles. The zero-order valence-electron chi connectivity index (χ0n) is 15.7. The molecule has 0 radical (unpaired) electrons. The maximum atomic E-state index is 5.98. The molecule has 1 fully saturated rings. The minimum Gasteiger partial charge on any atom is -0.357 e. The van der Waals surface area contributed by atoms with Crippen LogP contribution in [0.3, 0.4) is 0 Å². The largest absolute Gasteiger partial charge is 0.357 e. The Morgan fingerprint density at radius 3 is 2.63 bits per heavy atom. The average molecular weight is 379 g/mol. The van der Waals surface area contributed by atoms with Crippen LogP contribution in [0.1, 0.15) is 54.1 Å². The number of aromatic amines is 1. The number of hydrogen-bond donors (Lipinski definition) is 2. The number of nitrogens with one attached hydrogen (secondary N) is 2. The molecule has 140 valence electrons. The number of benzene rings is 2. The molecule has 0 spiro atoms. The first-order chi connectivity index (χ1) is 13.3. The van der Waals surface area contributed by atoms with Crippen LogP contribution in [0.25, 0.3) is 10.9 Å². The molecule has 2 aliphatic carbocycles. The molecule has 2 aromatic carbocycles. The minimum atomic E-state index is 0.445. The van der Waals surface area contributed by atoms with Gasteiger partial charge in [-0.3, -0.25) is 0 Å². The van der Waals surface area contributed by atoms with Gasteiger partial charge in [0, 0.05) is 27.7 Å². The molecule has 3 heteroatoms. The van der Waals surface area contributed by atoms with Crippen molar-refractivity contribution in [2.75, 3.05) is 6.54 Å². The lowest BCUT2D eigenvalue weighted by Gasteiger charge is -2.24. The molecule has 3 aromatic rings. The van der Waals surface area contributed by atoms with E-state index in [0.717, 1.165) is 23.9 Å². The van der Waals surface area contributed by atoms with Gasteiger partial charge >= 0.3 is 0 Å². The predicted octanol–water partition coefficient (Wildman–Crippen LogP) is 5.98.